The molecule has 11 nitrogen and oxygen atoms in total. The molecule has 140 valence electrons. The van der Waals surface area contributed by atoms with E-state index in [0.29, 0.717) is 5.71 Å². The molecule has 0 aliphatic rings. The largest absolute Gasteiger partial charge is 0.354 e. The Labute approximate surface area is 148 Å². The summed E-state index contributed by atoms with van der Waals surface area (Å²) < 4.78 is 0. The summed E-state index contributed by atoms with van der Waals surface area (Å²) in [4.78, 5) is 43.6. The van der Waals surface area contributed by atoms with Crippen LogP contribution in [0.1, 0.15) is 32.8 Å². The Morgan fingerprint density at radius 1 is 1.15 bits per heavy atom. The summed E-state index contributed by atoms with van der Waals surface area (Å²) in [5.74, 6) is -0.896. The Hall–Kier alpha value is -3.37. The number of rotatable bonds is 8. The first-order valence-corrected chi connectivity index (χ1v) is 7.63. The fourth-order valence-corrected chi connectivity index (χ4v) is 2.00. The molecule has 0 saturated heterocycles. The number of carbonyl (C=O) groups is 2. The Balaban J connectivity index is 2.76. The molecule has 26 heavy (non-hydrogen) atoms. The summed E-state index contributed by atoms with van der Waals surface area (Å²) in [6.07, 6.45) is -0.389. The quantitative estimate of drug-likeness (QED) is 0.403. The van der Waals surface area contributed by atoms with E-state index >= 15 is 0 Å². The molecule has 0 unspecified atom stereocenters. The van der Waals surface area contributed by atoms with Gasteiger partial charge in [-0.3, -0.25) is 29.8 Å². The van der Waals surface area contributed by atoms with Crippen LogP contribution in [0, 0.1) is 20.2 Å². The van der Waals surface area contributed by atoms with E-state index in [4.69, 9.17) is 0 Å². The lowest BCUT2D eigenvalue weighted by molar-refractivity contribution is -0.394. The molecule has 0 bridgehead atoms. The summed E-state index contributed by atoms with van der Waals surface area (Å²) >= 11 is 0. The molecule has 2 amide bonds. The van der Waals surface area contributed by atoms with E-state index < -0.39 is 27.1 Å². The second-order valence-electron chi connectivity index (χ2n) is 5.79. The van der Waals surface area contributed by atoms with Crippen molar-refractivity contribution in [3.05, 3.63) is 44.0 Å². The van der Waals surface area contributed by atoms with Gasteiger partial charge in [0, 0.05) is 23.4 Å². The van der Waals surface area contributed by atoms with E-state index in [1.807, 2.05) is 13.8 Å². The summed E-state index contributed by atoms with van der Waals surface area (Å²) in [7, 11) is 0. The van der Waals surface area contributed by atoms with E-state index in [9.17, 15) is 29.8 Å². The highest BCUT2D eigenvalue weighted by molar-refractivity contribution is 6.00. The molecule has 0 heterocycles. The average molecular weight is 365 g/mol. The zero-order valence-corrected chi connectivity index (χ0v) is 14.5. The zero-order valence-electron chi connectivity index (χ0n) is 14.5. The van der Waals surface area contributed by atoms with Gasteiger partial charge in [-0.1, -0.05) is 0 Å². The first kappa shape index (κ1) is 20.7. The van der Waals surface area contributed by atoms with Gasteiger partial charge in [0.15, 0.2) is 0 Å². The number of nitro benzene ring substituents is 2. The second kappa shape index (κ2) is 9.20. The van der Waals surface area contributed by atoms with Gasteiger partial charge >= 0.3 is 0 Å². The smallest absolute Gasteiger partial charge is 0.279 e. The van der Waals surface area contributed by atoms with Crippen molar-refractivity contribution in [1.29, 1.82) is 0 Å². The van der Waals surface area contributed by atoms with E-state index in [-0.39, 0.29) is 30.4 Å². The Kier molecular flexibility index (Phi) is 7.32. The number of amides is 2. The standard InChI is InChI=1S/C15H19N5O6/c1-9(2)16-14(21)6-10(3)17-18-15(22)7-11-4-5-12(19(23)24)8-13(11)20(25)26/h4-5,8-9H,6-7H2,1-3H3,(H,16,21)(H,18,22)/b17-10-. The lowest BCUT2D eigenvalue weighted by Gasteiger charge is -2.08. The highest BCUT2D eigenvalue weighted by Gasteiger charge is 2.21. The third-order valence-corrected chi connectivity index (χ3v) is 3.06. The molecule has 0 spiro atoms. The van der Waals surface area contributed by atoms with Crippen molar-refractivity contribution in [3.63, 3.8) is 0 Å². The molecule has 11 heteroatoms. The van der Waals surface area contributed by atoms with Crippen LogP contribution in [0.2, 0.25) is 0 Å². The molecular formula is C15H19N5O6. The van der Waals surface area contributed by atoms with Gasteiger partial charge in [0.2, 0.25) is 11.8 Å². The Morgan fingerprint density at radius 2 is 1.81 bits per heavy atom. The molecule has 0 aromatic heterocycles. The number of hydrogen-bond acceptors (Lipinski definition) is 7. The molecule has 2 N–H and O–H groups in total. The van der Waals surface area contributed by atoms with Crippen molar-refractivity contribution < 1.29 is 19.4 Å². The number of nitrogens with zero attached hydrogens (tertiary/aromatic N) is 3. The number of benzene rings is 1. The molecule has 1 aromatic carbocycles. The summed E-state index contributed by atoms with van der Waals surface area (Å²) in [5, 5.41) is 28.2. The number of hydrogen-bond donors (Lipinski definition) is 2. The van der Waals surface area contributed by atoms with Gasteiger partial charge in [0.1, 0.15) is 0 Å². The Morgan fingerprint density at radius 3 is 2.35 bits per heavy atom. The lowest BCUT2D eigenvalue weighted by Crippen LogP contribution is -2.31. The molecule has 1 rings (SSSR count). The number of hydrazone groups is 1. The molecular weight excluding hydrogens is 346 g/mol. The van der Waals surface area contributed by atoms with Crippen molar-refractivity contribution in [1.82, 2.24) is 10.7 Å². The van der Waals surface area contributed by atoms with Crippen LogP contribution in [0.4, 0.5) is 11.4 Å². The third-order valence-electron chi connectivity index (χ3n) is 3.06. The predicted molar refractivity (Wildman–Crippen MR) is 92.6 cm³/mol. The molecule has 0 atom stereocenters. The van der Waals surface area contributed by atoms with E-state index in [1.54, 1.807) is 6.92 Å². The number of nitrogens with one attached hydrogen (secondary N) is 2. The summed E-state index contributed by atoms with van der Waals surface area (Å²) in [6, 6.07) is 3.02. The van der Waals surface area contributed by atoms with E-state index in [2.05, 4.69) is 15.8 Å². The summed E-state index contributed by atoms with van der Waals surface area (Å²) in [5.41, 5.74) is 1.62. The maximum absolute atomic E-state index is 11.9. The SMILES string of the molecule is C/C(CC(=O)NC(C)C)=N/NC(=O)Cc1ccc([N+](=O)[O-])cc1[N+](=O)[O-]. The van der Waals surface area contributed by atoms with Crippen molar-refractivity contribution in [2.24, 2.45) is 5.10 Å². The summed E-state index contributed by atoms with van der Waals surface area (Å²) in [6.45, 7) is 5.17. The van der Waals surface area contributed by atoms with Crippen LogP contribution in [0.5, 0.6) is 0 Å². The van der Waals surface area contributed by atoms with Crippen LogP contribution in [0.15, 0.2) is 23.3 Å². The topological polar surface area (TPSA) is 157 Å². The maximum Gasteiger partial charge on any atom is 0.279 e. The molecule has 0 aliphatic heterocycles. The van der Waals surface area contributed by atoms with E-state index in [0.717, 1.165) is 18.2 Å². The minimum Gasteiger partial charge on any atom is -0.354 e. The highest BCUT2D eigenvalue weighted by atomic mass is 16.6. The van der Waals surface area contributed by atoms with E-state index in [1.165, 1.54) is 0 Å². The van der Waals surface area contributed by atoms with Crippen LogP contribution in [0.25, 0.3) is 0 Å². The van der Waals surface area contributed by atoms with Crippen LogP contribution in [-0.4, -0.2) is 33.4 Å². The van der Waals surface area contributed by atoms with Crippen molar-refractivity contribution in [2.45, 2.75) is 39.7 Å². The van der Waals surface area contributed by atoms with Crippen LogP contribution in [0.3, 0.4) is 0 Å². The zero-order chi connectivity index (χ0) is 19.9. The number of non-ortho nitro benzene ring substituents is 1. The van der Waals surface area contributed by atoms with Crippen LogP contribution < -0.4 is 10.7 Å². The fraction of sp³-hybridized carbons (Fsp3) is 0.400. The van der Waals surface area contributed by atoms with Gasteiger partial charge in [-0.25, -0.2) is 5.43 Å². The first-order chi connectivity index (χ1) is 12.1. The van der Waals surface area contributed by atoms with Gasteiger partial charge in [0.05, 0.1) is 28.8 Å². The second-order valence-corrected chi connectivity index (χ2v) is 5.79. The number of nitro groups is 2. The monoisotopic (exact) mass is 365 g/mol. The predicted octanol–water partition coefficient (Wildman–Crippen LogP) is 1.45. The van der Waals surface area contributed by atoms with Gasteiger partial charge in [-0.05, 0) is 26.8 Å². The van der Waals surface area contributed by atoms with Crippen LogP contribution in [-0.2, 0) is 16.0 Å². The maximum atomic E-state index is 11.9. The van der Waals surface area contributed by atoms with Gasteiger partial charge in [-0.2, -0.15) is 5.10 Å². The molecule has 0 aliphatic carbocycles. The Bertz CT molecular complexity index is 759. The van der Waals surface area contributed by atoms with Gasteiger partial charge in [0.25, 0.3) is 11.4 Å². The minimum atomic E-state index is -0.791. The molecule has 0 radical (unpaired) electrons. The van der Waals surface area contributed by atoms with Gasteiger partial charge < -0.3 is 5.32 Å². The molecule has 1 aromatic rings. The molecule has 0 saturated carbocycles. The average Bonchev–Trinajstić information content (AvgIpc) is 2.51. The highest BCUT2D eigenvalue weighted by Crippen LogP contribution is 2.24. The van der Waals surface area contributed by atoms with Crippen molar-refractivity contribution in [2.75, 3.05) is 0 Å². The normalized spacial score (nSPS) is 11.2. The van der Waals surface area contributed by atoms with Crippen molar-refractivity contribution >= 4 is 28.9 Å². The molecule has 0 fully saturated rings. The minimum absolute atomic E-state index is 0.00383. The lowest BCUT2D eigenvalue weighted by atomic mass is 10.1. The number of carbonyl (C=O) groups excluding carboxylic acids is 2. The first-order valence-electron chi connectivity index (χ1n) is 7.63. The van der Waals surface area contributed by atoms with Gasteiger partial charge in [-0.15, -0.1) is 0 Å². The van der Waals surface area contributed by atoms with Crippen LogP contribution >= 0.6 is 0 Å². The fourth-order valence-electron chi connectivity index (χ4n) is 2.00. The third kappa shape index (κ3) is 6.63. The van der Waals surface area contributed by atoms with Crippen molar-refractivity contribution in [3.8, 4) is 0 Å².